The number of aryl methyl sites for hydroxylation is 1. The number of hydrogen-bond donors (Lipinski definition) is 0. The molecule has 0 bridgehead atoms. The molecule has 0 amide bonds. The van der Waals surface area contributed by atoms with Gasteiger partial charge in [0.15, 0.2) is 0 Å². The third-order valence-corrected chi connectivity index (χ3v) is 4.65. The zero-order chi connectivity index (χ0) is 15.2. The average molecular weight is 299 g/mol. The molecular weight excluding hydrogens is 278 g/mol. The SMILES string of the molecule is CCOC(=O)CN(c1ccc(CC)cc1)S(=O)(=O)CC. The van der Waals surface area contributed by atoms with Crippen LogP contribution >= 0.6 is 0 Å². The van der Waals surface area contributed by atoms with Crippen LogP contribution in [-0.4, -0.2) is 33.3 Å². The van der Waals surface area contributed by atoms with Gasteiger partial charge in [0.2, 0.25) is 10.0 Å². The van der Waals surface area contributed by atoms with E-state index in [1.807, 2.05) is 19.1 Å². The highest BCUT2D eigenvalue weighted by atomic mass is 32.2. The van der Waals surface area contributed by atoms with Crippen molar-refractivity contribution < 1.29 is 17.9 Å². The van der Waals surface area contributed by atoms with Gasteiger partial charge in [0, 0.05) is 0 Å². The molecule has 0 aliphatic carbocycles. The number of carbonyl (C=O) groups excluding carboxylic acids is 1. The number of esters is 1. The first-order valence-corrected chi connectivity index (χ1v) is 8.30. The molecule has 0 aromatic heterocycles. The number of carbonyl (C=O) groups is 1. The molecule has 0 fully saturated rings. The van der Waals surface area contributed by atoms with Crippen LogP contribution in [0.4, 0.5) is 5.69 Å². The van der Waals surface area contributed by atoms with Crippen molar-refractivity contribution in [1.29, 1.82) is 0 Å². The number of hydrogen-bond acceptors (Lipinski definition) is 4. The summed E-state index contributed by atoms with van der Waals surface area (Å²) in [5, 5.41) is 0. The molecule has 0 saturated heterocycles. The molecule has 0 atom stereocenters. The van der Waals surface area contributed by atoms with Crippen molar-refractivity contribution in [3.8, 4) is 0 Å². The second-order valence-electron chi connectivity index (χ2n) is 4.23. The maximum Gasteiger partial charge on any atom is 0.326 e. The Bertz CT molecular complexity index is 537. The Morgan fingerprint density at radius 1 is 1.15 bits per heavy atom. The van der Waals surface area contributed by atoms with Gasteiger partial charge in [-0.3, -0.25) is 9.10 Å². The Kier molecular flexibility index (Phi) is 6.01. The van der Waals surface area contributed by atoms with Gasteiger partial charge >= 0.3 is 5.97 Å². The molecule has 0 saturated carbocycles. The van der Waals surface area contributed by atoms with Crippen LogP contribution in [0.3, 0.4) is 0 Å². The van der Waals surface area contributed by atoms with Gasteiger partial charge < -0.3 is 4.74 Å². The van der Waals surface area contributed by atoms with Crippen LogP contribution in [0.1, 0.15) is 26.3 Å². The van der Waals surface area contributed by atoms with Gasteiger partial charge in [0.1, 0.15) is 6.54 Å². The monoisotopic (exact) mass is 299 g/mol. The molecule has 5 nitrogen and oxygen atoms in total. The van der Waals surface area contributed by atoms with E-state index in [1.165, 1.54) is 0 Å². The van der Waals surface area contributed by atoms with Crippen molar-refractivity contribution in [3.63, 3.8) is 0 Å². The highest BCUT2D eigenvalue weighted by Crippen LogP contribution is 2.19. The van der Waals surface area contributed by atoms with E-state index in [1.54, 1.807) is 26.0 Å². The molecule has 112 valence electrons. The van der Waals surface area contributed by atoms with E-state index in [0.717, 1.165) is 16.3 Å². The van der Waals surface area contributed by atoms with Gasteiger partial charge in [-0.25, -0.2) is 8.42 Å². The highest BCUT2D eigenvalue weighted by Gasteiger charge is 2.23. The number of rotatable bonds is 7. The number of benzene rings is 1. The summed E-state index contributed by atoms with van der Waals surface area (Å²) in [4.78, 5) is 11.6. The summed E-state index contributed by atoms with van der Waals surface area (Å²) in [5.74, 6) is -0.619. The molecule has 1 aromatic rings. The van der Waals surface area contributed by atoms with Crippen LogP contribution in [0.2, 0.25) is 0 Å². The Morgan fingerprint density at radius 3 is 2.20 bits per heavy atom. The van der Waals surface area contributed by atoms with Crippen molar-refractivity contribution >= 4 is 21.7 Å². The lowest BCUT2D eigenvalue weighted by molar-refractivity contribution is -0.141. The van der Waals surface area contributed by atoms with Crippen molar-refractivity contribution in [2.45, 2.75) is 27.2 Å². The summed E-state index contributed by atoms with van der Waals surface area (Å²) in [6, 6.07) is 7.15. The highest BCUT2D eigenvalue weighted by molar-refractivity contribution is 7.92. The first-order chi connectivity index (χ1) is 9.44. The largest absolute Gasteiger partial charge is 0.465 e. The third kappa shape index (κ3) is 4.23. The molecular formula is C14H21NO4S. The lowest BCUT2D eigenvalue weighted by atomic mass is 10.1. The van der Waals surface area contributed by atoms with Crippen LogP contribution in [0.15, 0.2) is 24.3 Å². The lowest BCUT2D eigenvalue weighted by Gasteiger charge is -2.23. The van der Waals surface area contributed by atoms with E-state index in [0.29, 0.717) is 5.69 Å². The zero-order valence-corrected chi connectivity index (χ0v) is 12.9. The quantitative estimate of drug-likeness (QED) is 0.722. The van der Waals surface area contributed by atoms with Crippen LogP contribution in [0, 0.1) is 0 Å². The number of anilines is 1. The standard InChI is InChI=1S/C14H21NO4S/c1-4-12-7-9-13(10-8-12)15(20(17,18)6-3)11-14(16)19-5-2/h7-10H,4-6,11H2,1-3H3. The molecule has 1 rings (SSSR count). The molecule has 20 heavy (non-hydrogen) atoms. The topological polar surface area (TPSA) is 63.7 Å². The van der Waals surface area contributed by atoms with Gasteiger partial charge in [-0.2, -0.15) is 0 Å². The second-order valence-corrected chi connectivity index (χ2v) is 6.41. The minimum atomic E-state index is -3.51. The minimum absolute atomic E-state index is 0.0675. The van der Waals surface area contributed by atoms with E-state index in [2.05, 4.69) is 0 Å². The Hall–Kier alpha value is -1.56. The van der Waals surface area contributed by atoms with Gasteiger partial charge in [-0.1, -0.05) is 19.1 Å². The summed E-state index contributed by atoms with van der Waals surface area (Å²) >= 11 is 0. The van der Waals surface area contributed by atoms with Gasteiger partial charge in [0.25, 0.3) is 0 Å². The summed E-state index contributed by atoms with van der Waals surface area (Å²) < 4.78 is 30.2. The molecule has 0 spiro atoms. The van der Waals surface area contributed by atoms with E-state index in [4.69, 9.17) is 4.74 Å². The van der Waals surface area contributed by atoms with Crippen molar-refractivity contribution in [3.05, 3.63) is 29.8 Å². The van der Waals surface area contributed by atoms with E-state index in [-0.39, 0.29) is 18.9 Å². The van der Waals surface area contributed by atoms with Gasteiger partial charge in [-0.05, 0) is 38.0 Å². The Balaban J connectivity index is 3.06. The molecule has 0 aliphatic heterocycles. The van der Waals surface area contributed by atoms with Gasteiger partial charge in [-0.15, -0.1) is 0 Å². The maximum absolute atomic E-state index is 12.1. The third-order valence-electron chi connectivity index (χ3n) is 2.91. The summed E-state index contributed by atoms with van der Waals surface area (Å²) in [6.45, 7) is 5.19. The average Bonchev–Trinajstić information content (AvgIpc) is 2.45. The van der Waals surface area contributed by atoms with Crippen LogP contribution in [0.25, 0.3) is 0 Å². The second kappa shape index (κ2) is 7.28. The zero-order valence-electron chi connectivity index (χ0n) is 12.1. The lowest BCUT2D eigenvalue weighted by Crippen LogP contribution is -2.37. The number of sulfonamides is 1. The Labute approximate surface area is 120 Å². The predicted octanol–water partition coefficient (Wildman–Crippen LogP) is 1.97. The van der Waals surface area contributed by atoms with Crippen molar-refractivity contribution in [2.24, 2.45) is 0 Å². The molecule has 1 aromatic carbocycles. The van der Waals surface area contributed by atoms with Crippen LogP contribution in [-0.2, 0) is 26.0 Å². The molecule has 0 N–H and O–H groups in total. The first-order valence-electron chi connectivity index (χ1n) is 6.69. The van der Waals surface area contributed by atoms with E-state index in [9.17, 15) is 13.2 Å². The molecule has 0 radical (unpaired) electrons. The minimum Gasteiger partial charge on any atom is -0.465 e. The van der Waals surface area contributed by atoms with Crippen molar-refractivity contribution in [1.82, 2.24) is 0 Å². The van der Waals surface area contributed by atoms with Crippen molar-refractivity contribution in [2.75, 3.05) is 23.2 Å². The number of ether oxygens (including phenoxy) is 1. The first kappa shape index (κ1) is 16.5. The molecule has 0 unspecified atom stereocenters. The fourth-order valence-electron chi connectivity index (χ4n) is 1.73. The Morgan fingerprint density at radius 2 is 1.75 bits per heavy atom. The van der Waals surface area contributed by atoms with E-state index < -0.39 is 16.0 Å². The molecule has 0 heterocycles. The smallest absolute Gasteiger partial charge is 0.326 e. The summed E-state index contributed by atoms with van der Waals surface area (Å²) in [5.41, 5.74) is 1.59. The van der Waals surface area contributed by atoms with Crippen LogP contribution < -0.4 is 4.31 Å². The molecule has 6 heteroatoms. The van der Waals surface area contributed by atoms with Crippen LogP contribution in [0.5, 0.6) is 0 Å². The van der Waals surface area contributed by atoms with E-state index >= 15 is 0 Å². The molecule has 0 aliphatic rings. The fraction of sp³-hybridized carbons (Fsp3) is 0.500. The summed E-state index contributed by atoms with van der Waals surface area (Å²) in [7, 11) is -3.51. The normalized spacial score (nSPS) is 11.2. The van der Waals surface area contributed by atoms with Gasteiger partial charge in [0.05, 0.1) is 18.0 Å². The fourth-order valence-corrected chi connectivity index (χ4v) is 2.78. The number of nitrogens with zero attached hydrogens (tertiary/aromatic N) is 1. The predicted molar refractivity (Wildman–Crippen MR) is 79.3 cm³/mol. The summed E-state index contributed by atoms with van der Waals surface area (Å²) in [6.07, 6.45) is 0.874. The maximum atomic E-state index is 12.1.